The number of hydrogen-bond acceptors (Lipinski definition) is 5. The monoisotopic (exact) mass is 524 g/mol. The zero-order valence-electron chi connectivity index (χ0n) is 24.0. The maximum absolute atomic E-state index is 12.6. The molecule has 0 bridgehead atoms. The summed E-state index contributed by atoms with van der Waals surface area (Å²) in [5.41, 5.74) is 2.55. The number of allylic oxidation sites excluding steroid dienone is 2. The minimum atomic E-state index is -0.715. The first-order valence-corrected chi connectivity index (χ1v) is 14.2. The van der Waals surface area contributed by atoms with E-state index in [1.165, 1.54) is 12.7 Å². The van der Waals surface area contributed by atoms with Crippen LogP contribution in [0.5, 0.6) is 11.5 Å². The van der Waals surface area contributed by atoms with Crippen molar-refractivity contribution in [2.24, 2.45) is 27.6 Å². The van der Waals surface area contributed by atoms with E-state index >= 15 is 0 Å². The largest absolute Gasteiger partial charge is 0.504 e. The van der Waals surface area contributed by atoms with Crippen molar-refractivity contribution in [2.75, 3.05) is 7.11 Å². The third-order valence-electron chi connectivity index (χ3n) is 12.3. The molecule has 0 saturated heterocycles. The predicted octanol–water partition coefficient (Wildman–Crippen LogP) is 6.75. The molecule has 1 aromatic rings. The van der Waals surface area contributed by atoms with Crippen LogP contribution in [0.15, 0.2) is 17.7 Å². The molecule has 3 fully saturated rings. The van der Waals surface area contributed by atoms with E-state index in [4.69, 9.17) is 4.74 Å². The molecule has 0 aliphatic heterocycles. The molecule has 0 amide bonds. The third kappa shape index (κ3) is 3.37. The van der Waals surface area contributed by atoms with Gasteiger partial charge in [0.15, 0.2) is 11.5 Å². The van der Waals surface area contributed by atoms with E-state index in [1.54, 1.807) is 6.07 Å². The highest BCUT2D eigenvalue weighted by Gasteiger charge is 2.67. The van der Waals surface area contributed by atoms with Crippen LogP contribution in [-0.4, -0.2) is 34.4 Å². The Balaban J connectivity index is 1.69. The van der Waals surface area contributed by atoms with Crippen LogP contribution in [0.1, 0.15) is 109 Å². The molecule has 0 radical (unpaired) electrons. The van der Waals surface area contributed by atoms with Crippen molar-refractivity contribution in [1.82, 2.24) is 0 Å². The summed E-state index contributed by atoms with van der Waals surface area (Å²) in [5.74, 6) is -1.25. The van der Waals surface area contributed by atoms with Crippen molar-refractivity contribution < 1.29 is 29.6 Å². The Hall–Kier alpha value is -2.50. The number of carboxylic acids is 1. The topological polar surface area (TPSA) is 104 Å². The Kier molecular flexibility index (Phi) is 5.88. The van der Waals surface area contributed by atoms with Gasteiger partial charge < -0.3 is 20.1 Å². The van der Waals surface area contributed by atoms with Gasteiger partial charge in [-0.05, 0) is 104 Å². The number of aromatic hydroxyl groups is 2. The number of aliphatic carboxylic acids is 1. The van der Waals surface area contributed by atoms with Gasteiger partial charge in [0.05, 0.1) is 18.9 Å². The number of fused-ring (bicyclic) bond motifs is 7. The zero-order chi connectivity index (χ0) is 28.1. The Morgan fingerprint density at radius 3 is 2.29 bits per heavy atom. The first-order chi connectivity index (χ1) is 17.6. The fourth-order valence-electron chi connectivity index (χ4n) is 9.47. The van der Waals surface area contributed by atoms with Crippen molar-refractivity contribution in [3.8, 4) is 11.5 Å². The highest BCUT2D eigenvalue weighted by molar-refractivity contribution is 5.74. The highest BCUT2D eigenvalue weighted by Crippen LogP contribution is 2.75. The number of carboxylic acid groups (broad SMARTS) is 1. The van der Waals surface area contributed by atoms with Crippen LogP contribution in [0.4, 0.5) is 0 Å². The molecule has 7 unspecified atom stereocenters. The maximum Gasteiger partial charge on any atom is 0.309 e. The smallest absolute Gasteiger partial charge is 0.309 e. The van der Waals surface area contributed by atoms with E-state index in [0.717, 1.165) is 49.7 Å². The highest BCUT2D eigenvalue weighted by atomic mass is 16.5. The summed E-state index contributed by atoms with van der Waals surface area (Å²) in [7, 11) is 1.40. The molecule has 38 heavy (non-hydrogen) atoms. The first kappa shape index (κ1) is 27.1. The summed E-state index contributed by atoms with van der Waals surface area (Å²) < 4.78 is 5.07. The number of carbonyl (C=O) groups is 2. The van der Waals surface area contributed by atoms with Crippen LogP contribution in [0.2, 0.25) is 0 Å². The number of carbonyl (C=O) groups excluding carboxylic acids is 1. The molecule has 0 aromatic heterocycles. The maximum atomic E-state index is 12.6. The third-order valence-corrected chi connectivity index (χ3v) is 12.3. The van der Waals surface area contributed by atoms with Crippen LogP contribution in [0, 0.1) is 34.5 Å². The average molecular weight is 525 g/mol. The molecular formula is C32H44O6. The number of phenols is 2. The van der Waals surface area contributed by atoms with Gasteiger partial charge in [-0.15, -0.1) is 0 Å². The minimum absolute atomic E-state index is 0.107. The predicted molar refractivity (Wildman–Crippen MR) is 145 cm³/mol. The SMILES string of the molecule is COC(=O)CC1C=C2C(C)(CCC3(C)C4CC(C)(C(=O)O)CCC4(C)CCC23C)c2cc(O)c(O)c(C)c21. The molecule has 0 heterocycles. The van der Waals surface area contributed by atoms with E-state index < -0.39 is 11.4 Å². The summed E-state index contributed by atoms with van der Waals surface area (Å²) in [5, 5.41) is 31.5. The van der Waals surface area contributed by atoms with Crippen LogP contribution in [0.3, 0.4) is 0 Å². The van der Waals surface area contributed by atoms with Gasteiger partial charge in [0.2, 0.25) is 0 Å². The Morgan fingerprint density at radius 1 is 1.00 bits per heavy atom. The first-order valence-electron chi connectivity index (χ1n) is 14.2. The van der Waals surface area contributed by atoms with Crippen molar-refractivity contribution in [3.05, 3.63) is 34.4 Å². The van der Waals surface area contributed by atoms with E-state index in [2.05, 4.69) is 33.8 Å². The van der Waals surface area contributed by atoms with Gasteiger partial charge in [-0.2, -0.15) is 0 Å². The fraction of sp³-hybridized carbons (Fsp3) is 0.688. The molecule has 7 atom stereocenters. The van der Waals surface area contributed by atoms with Crippen molar-refractivity contribution >= 4 is 11.9 Å². The van der Waals surface area contributed by atoms with Gasteiger partial charge >= 0.3 is 11.9 Å². The zero-order valence-corrected chi connectivity index (χ0v) is 24.0. The van der Waals surface area contributed by atoms with Crippen LogP contribution in [0.25, 0.3) is 0 Å². The molecule has 3 saturated carbocycles. The Morgan fingerprint density at radius 2 is 1.66 bits per heavy atom. The molecule has 5 rings (SSSR count). The molecular weight excluding hydrogens is 480 g/mol. The van der Waals surface area contributed by atoms with Crippen molar-refractivity contribution in [2.45, 2.75) is 104 Å². The summed E-state index contributed by atoms with van der Waals surface area (Å²) in [6.07, 6.45) is 8.65. The van der Waals surface area contributed by atoms with E-state index in [0.29, 0.717) is 12.0 Å². The lowest BCUT2D eigenvalue weighted by atomic mass is 9.34. The van der Waals surface area contributed by atoms with E-state index in [-0.39, 0.29) is 57.4 Å². The van der Waals surface area contributed by atoms with Gasteiger partial charge in [-0.1, -0.05) is 39.3 Å². The quantitative estimate of drug-likeness (QED) is 0.230. The summed E-state index contributed by atoms with van der Waals surface area (Å²) >= 11 is 0. The molecule has 1 aromatic carbocycles. The van der Waals surface area contributed by atoms with E-state index in [1.807, 2.05) is 13.8 Å². The normalized spacial score (nSPS) is 41.6. The molecule has 4 aliphatic rings. The second-order valence-corrected chi connectivity index (χ2v) is 14.2. The van der Waals surface area contributed by atoms with Gasteiger partial charge in [-0.25, -0.2) is 0 Å². The van der Waals surface area contributed by atoms with Crippen molar-refractivity contribution in [1.29, 1.82) is 0 Å². The summed E-state index contributed by atoms with van der Waals surface area (Å²) in [6.45, 7) is 13.1. The van der Waals surface area contributed by atoms with Crippen LogP contribution < -0.4 is 0 Å². The molecule has 3 N–H and O–H groups in total. The number of ether oxygens (including phenoxy) is 1. The molecule has 6 nitrogen and oxygen atoms in total. The number of phenolic OH excluding ortho intramolecular Hbond substituents is 2. The van der Waals surface area contributed by atoms with E-state index in [9.17, 15) is 24.9 Å². The lowest BCUT2D eigenvalue weighted by Gasteiger charge is -2.70. The Bertz CT molecular complexity index is 1250. The number of methoxy groups -OCH3 is 1. The molecule has 4 aliphatic carbocycles. The fourth-order valence-corrected chi connectivity index (χ4v) is 9.47. The summed E-state index contributed by atoms with van der Waals surface area (Å²) in [4.78, 5) is 24.9. The second-order valence-electron chi connectivity index (χ2n) is 14.2. The number of hydrogen-bond donors (Lipinski definition) is 3. The molecule has 6 heteroatoms. The molecule has 0 spiro atoms. The van der Waals surface area contributed by atoms with Gasteiger partial charge in [0.1, 0.15) is 0 Å². The average Bonchev–Trinajstić information content (AvgIpc) is 2.86. The van der Waals surface area contributed by atoms with Crippen molar-refractivity contribution in [3.63, 3.8) is 0 Å². The van der Waals surface area contributed by atoms with Gasteiger partial charge in [0.25, 0.3) is 0 Å². The Labute approximate surface area is 226 Å². The van der Waals surface area contributed by atoms with Gasteiger partial charge in [-0.3, -0.25) is 9.59 Å². The second kappa shape index (κ2) is 8.25. The van der Waals surface area contributed by atoms with Crippen LogP contribution in [-0.2, 0) is 19.7 Å². The van der Waals surface area contributed by atoms with Crippen LogP contribution >= 0.6 is 0 Å². The standard InChI is InChI=1S/C32H44O6/c1-18-25-19(15-24(34)38-7)14-22-30(4,20(25)16-21(33)26(18)35)11-13-32(6)23-17-29(3,27(36)37)9-8-28(23,2)10-12-31(22,32)5/h14,16,19,23,33,35H,8-13,15,17H2,1-7H3,(H,36,37). The lowest BCUT2D eigenvalue weighted by Crippen LogP contribution is -2.62. The lowest BCUT2D eigenvalue weighted by molar-refractivity contribution is -0.177. The minimum Gasteiger partial charge on any atom is -0.504 e. The molecule has 208 valence electrons. The number of benzene rings is 1. The number of esters is 1. The number of rotatable bonds is 3. The van der Waals surface area contributed by atoms with Gasteiger partial charge in [0, 0.05) is 11.3 Å². The summed E-state index contributed by atoms with van der Waals surface area (Å²) in [6, 6.07) is 1.72.